The summed E-state index contributed by atoms with van der Waals surface area (Å²) in [7, 11) is 0. The van der Waals surface area contributed by atoms with Crippen LogP contribution in [-0.2, 0) is 11.3 Å². The van der Waals surface area contributed by atoms with Crippen LogP contribution in [-0.4, -0.2) is 30.4 Å². The molecule has 0 saturated carbocycles. The van der Waals surface area contributed by atoms with Crippen molar-refractivity contribution in [2.75, 3.05) is 5.32 Å². The fourth-order valence-corrected chi connectivity index (χ4v) is 2.72. The summed E-state index contributed by atoms with van der Waals surface area (Å²) in [5.41, 5.74) is 1.15. The van der Waals surface area contributed by atoms with Gasteiger partial charge in [0.2, 0.25) is 5.91 Å². The zero-order valence-corrected chi connectivity index (χ0v) is 15.4. The van der Waals surface area contributed by atoms with E-state index >= 15 is 0 Å². The molecule has 1 atom stereocenters. The second kappa shape index (κ2) is 7.58. The highest BCUT2D eigenvalue weighted by Gasteiger charge is 2.23. The van der Waals surface area contributed by atoms with Crippen LogP contribution in [0.3, 0.4) is 0 Å². The van der Waals surface area contributed by atoms with Crippen LogP contribution in [0.1, 0.15) is 24.2 Å². The molecule has 0 aliphatic carbocycles. The van der Waals surface area contributed by atoms with Gasteiger partial charge < -0.3 is 5.32 Å². The summed E-state index contributed by atoms with van der Waals surface area (Å²) in [5, 5.41) is 22.2. The van der Waals surface area contributed by atoms with Gasteiger partial charge in [-0.25, -0.2) is 0 Å². The van der Waals surface area contributed by atoms with E-state index in [-0.39, 0.29) is 17.2 Å². The molecule has 0 saturated heterocycles. The Bertz CT molecular complexity index is 982. The molecule has 2 heterocycles. The Labute approximate surface area is 159 Å². The monoisotopic (exact) mass is 388 g/mol. The predicted octanol–water partition coefficient (Wildman–Crippen LogP) is 3.20. The molecule has 1 aromatic carbocycles. The van der Waals surface area contributed by atoms with Gasteiger partial charge in [0.1, 0.15) is 23.0 Å². The molecule has 10 heteroatoms. The van der Waals surface area contributed by atoms with Crippen molar-refractivity contribution in [1.29, 1.82) is 0 Å². The summed E-state index contributed by atoms with van der Waals surface area (Å²) in [6.45, 7) is 3.61. The number of halogens is 1. The van der Waals surface area contributed by atoms with E-state index in [1.807, 2.05) is 30.3 Å². The molecule has 3 aromatic rings. The lowest BCUT2D eigenvalue weighted by atomic mass is 10.2. The van der Waals surface area contributed by atoms with E-state index in [9.17, 15) is 14.9 Å². The molecule has 140 valence electrons. The summed E-state index contributed by atoms with van der Waals surface area (Å²) in [5.74, 6) is -0.206. The SMILES string of the molecule is Cc1nn(C(C)C(=O)Nc2nn(Cc3ccccc3)cc2Cl)cc1[N+](=O)[O-]. The largest absolute Gasteiger partial charge is 0.309 e. The van der Waals surface area contributed by atoms with Crippen molar-refractivity contribution >= 4 is 29.0 Å². The number of rotatable bonds is 6. The molecule has 1 N–H and O–H groups in total. The second-order valence-corrected chi connectivity index (χ2v) is 6.42. The standard InChI is InChI=1S/C17H17ClN6O3/c1-11-15(24(26)27)10-23(20-11)12(2)17(25)19-16-14(18)9-22(21-16)8-13-6-4-3-5-7-13/h3-7,9-10,12H,8H2,1-2H3,(H,19,21,25). The van der Waals surface area contributed by atoms with Crippen LogP contribution in [0.4, 0.5) is 11.5 Å². The van der Waals surface area contributed by atoms with Crippen molar-refractivity contribution in [2.24, 2.45) is 0 Å². The van der Waals surface area contributed by atoms with Crippen LogP contribution in [0.25, 0.3) is 0 Å². The van der Waals surface area contributed by atoms with Crippen molar-refractivity contribution < 1.29 is 9.72 Å². The molecule has 0 fully saturated rings. The predicted molar refractivity (Wildman–Crippen MR) is 99.7 cm³/mol. The lowest BCUT2D eigenvalue weighted by Crippen LogP contribution is -2.24. The summed E-state index contributed by atoms with van der Waals surface area (Å²) >= 11 is 6.17. The molecule has 9 nitrogen and oxygen atoms in total. The average molecular weight is 389 g/mol. The number of nitrogens with zero attached hydrogens (tertiary/aromatic N) is 5. The molecule has 0 aliphatic heterocycles. The number of hydrogen-bond acceptors (Lipinski definition) is 5. The Morgan fingerprint density at radius 3 is 2.63 bits per heavy atom. The number of amides is 1. The van der Waals surface area contributed by atoms with Crippen LogP contribution in [0.2, 0.25) is 5.02 Å². The van der Waals surface area contributed by atoms with Crippen LogP contribution < -0.4 is 5.32 Å². The number of benzene rings is 1. The van der Waals surface area contributed by atoms with Crippen molar-refractivity contribution in [3.8, 4) is 0 Å². The minimum atomic E-state index is -0.771. The van der Waals surface area contributed by atoms with E-state index in [2.05, 4.69) is 15.5 Å². The molecule has 0 radical (unpaired) electrons. The summed E-state index contributed by atoms with van der Waals surface area (Å²) in [6.07, 6.45) is 2.85. The van der Waals surface area contributed by atoms with Gasteiger partial charge in [-0.3, -0.25) is 24.3 Å². The maximum Gasteiger partial charge on any atom is 0.309 e. The van der Waals surface area contributed by atoms with Gasteiger partial charge in [-0.05, 0) is 19.4 Å². The molecule has 0 spiro atoms. The van der Waals surface area contributed by atoms with Gasteiger partial charge in [0, 0.05) is 6.20 Å². The topological polar surface area (TPSA) is 108 Å². The molecule has 27 heavy (non-hydrogen) atoms. The Balaban J connectivity index is 1.72. The highest BCUT2D eigenvalue weighted by molar-refractivity contribution is 6.33. The molecular weight excluding hydrogens is 372 g/mol. The number of aryl methyl sites for hydroxylation is 1. The van der Waals surface area contributed by atoms with Gasteiger partial charge in [-0.2, -0.15) is 10.2 Å². The molecule has 0 bridgehead atoms. The first-order chi connectivity index (χ1) is 12.8. The number of carbonyl (C=O) groups is 1. The minimum Gasteiger partial charge on any atom is -0.306 e. The first-order valence-electron chi connectivity index (χ1n) is 8.13. The molecule has 1 amide bonds. The molecular formula is C17H17ClN6O3. The van der Waals surface area contributed by atoms with Gasteiger partial charge in [-0.1, -0.05) is 41.9 Å². The fourth-order valence-electron chi connectivity index (χ4n) is 2.52. The van der Waals surface area contributed by atoms with Crippen LogP contribution in [0.15, 0.2) is 42.7 Å². The number of nitrogens with one attached hydrogen (secondary N) is 1. The Kier molecular flexibility index (Phi) is 5.22. The van der Waals surface area contributed by atoms with Gasteiger partial charge in [0.05, 0.1) is 11.5 Å². The molecule has 3 rings (SSSR count). The number of carbonyl (C=O) groups excluding carboxylic acids is 1. The van der Waals surface area contributed by atoms with Gasteiger partial charge >= 0.3 is 5.69 Å². The maximum atomic E-state index is 12.5. The lowest BCUT2D eigenvalue weighted by Gasteiger charge is -2.11. The second-order valence-electron chi connectivity index (χ2n) is 6.01. The van der Waals surface area contributed by atoms with Crippen molar-refractivity contribution in [1.82, 2.24) is 19.6 Å². The first kappa shape index (κ1) is 18.6. The third-order valence-electron chi connectivity index (χ3n) is 4.01. The van der Waals surface area contributed by atoms with Crippen LogP contribution in [0, 0.1) is 17.0 Å². The zero-order chi connectivity index (χ0) is 19.6. The third kappa shape index (κ3) is 4.14. The van der Waals surface area contributed by atoms with E-state index in [4.69, 9.17) is 11.6 Å². The van der Waals surface area contributed by atoms with Gasteiger partial charge in [-0.15, -0.1) is 0 Å². The average Bonchev–Trinajstić information content (AvgIpc) is 3.18. The number of nitro groups is 1. The van der Waals surface area contributed by atoms with Crippen molar-refractivity contribution in [3.05, 3.63) is 69.1 Å². The fraction of sp³-hybridized carbons (Fsp3) is 0.235. The van der Waals surface area contributed by atoms with E-state index in [0.29, 0.717) is 11.6 Å². The minimum absolute atomic E-state index is 0.139. The zero-order valence-electron chi connectivity index (χ0n) is 14.7. The smallest absolute Gasteiger partial charge is 0.306 e. The number of hydrogen-bond donors (Lipinski definition) is 1. The molecule has 2 aromatic heterocycles. The van der Waals surface area contributed by atoms with E-state index in [1.165, 1.54) is 17.8 Å². The summed E-state index contributed by atoms with van der Waals surface area (Å²) in [6, 6.07) is 8.93. The number of anilines is 1. The van der Waals surface area contributed by atoms with Gasteiger partial charge in [0.25, 0.3) is 0 Å². The van der Waals surface area contributed by atoms with Crippen LogP contribution in [0.5, 0.6) is 0 Å². The third-order valence-corrected chi connectivity index (χ3v) is 4.29. The first-order valence-corrected chi connectivity index (χ1v) is 8.51. The Hall–Kier alpha value is -3.20. The van der Waals surface area contributed by atoms with Crippen LogP contribution >= 0.6 is 11.6 Å². The highest BCUT2D eigenvalue weighted by atomic mass is 35.5. The van der Waals surface area contributed by atoms with E-state index < -0.39 is 16.9 Å². The lowest BCUT2D eigenvalue weighted by molar-refractivity contribution is -0.385. The Morgan fingerprint density at radius 2 is 2.00 bits per heavy atom. The van der Waals surface area contributed by atoms with Crippen molar-refractivity contribution in [2.45, 2.75) is 26.4 Å². The van der Waals surface area contributed by atoms with Crippen molar-refractivity contribution in [3.63, 3.8) is 0 Å². The van der Waals surface area contributed by atoms with Gasteiger partial charge in [0.15, 0.2) is 5.82 Å². The molecule has 0 aliphatic rings. The van der Waals surface area contributed by atoms with E-state index in [0.717, 1.165) is 5.56 Å². The Morgan fingerprint density at radius 1 is 1.30 bits per heavy atom. The maximum absolute atomic E-state index is 12.5. The molecule has 1 unspecified atom stereocenters. The summed E-state index contributed by atoms with van der Waals surface area (Å²) < 4.78 is 2.87. The highest BCUT2D eigenvalue weighted by Crippen LogP contribution is 2.23. The normalized spacial score (nSPS) is 12.0. The quantitative estimate of drug-likeness (QED) is 0.515. The summed E-state index contributed by atoms with van der Waals surface area (Å²) in [4.78, 5) is 22.9. The van der Waals surface area contributed by atoms with E-state index in [1.54, 1.807) is 17.8 Å². The number of aromatic nitrogens is 4.